The molecule has 1 atom stereocenters. The van der Waals surface area contributed by atoms with Crippen LogP contribution < -0.4 is 4.72 Å². The quantitative estimate of drug-likeness (QED) is 0.826. The molecular formula is C9H8ClFN2O3S. The van der Waals surface area contributed by atoms with Gasteiger partial charge < -0.3 is 5.11 Å². The summed E-state index contributed by atoms with van der Waals surface area (Å²) in [6.07, 6.45) is 0. The first-order valence-electron chi connectivity index (χ1n) is 4.37. The Morgan fingerprint density at radius 2 is 2.18 bits per heavy atom. The van der Waals surface area contributed by atoms with E-state index in [2.05, 4.69) is 0 Å². The van der Waals surface area contributed by atoms with Crippen LogP contribution in [0.1, 0.15) is 6.92 Å². The van der Waals surface area contributed by atoms with E-state index in [4.69, 9.17) is 16.9 Å². The lowest BCUT2D eigenvalue weighted by Crippen LogP contribution is -2.23. The fourth-order valence-corrected chi connectivity index (χ4v) is 1.88. The van der Waals surface area contributed by atoms with Crippen LogP contribution in [-0.2, 0) is 10.0 Å². The third-order valence-electron chi connectivity index (χ3n) is 1.94. The van der Waals surface area contributed by atoms with Crippen LogP contribution in [-0.4, -0.2) is 18.8 Å². The molecule has 0 aliphatic rings. The number of phenolic OH excluding ortho intramolecular Hbond substituents is 1. The molecule has 0 spiro atoms. The van der Waals surface area contributed by atoms with Crippen molar-refractivity contribution in [2.45, 2.75) is 12.2 Å². The normalized spacial score (nSPS) is 12.8. The number of hydrogen-bond donors (Lipinski definition) is 2. The zero-order valence-electron chi connectivity index (χ0n) is 8.61. The van der Waals surface area contributed by atoms with Crippen molar-refractivity contribution >= 4 is 27.3 Å². The lowest BCUT2D eigenvalue weighted by atomic mass is 10.3. The van der Waals surface area contributed by atoms with E-state index in [1.165, 1.54) is 13.0 Å². The van der Waals surface area contributed by atoms with Gasteiger partial charge in [0.25, 0.3) is 0 Å². The molecule has 2 N–H and O–H groups in total. The molecule has 92 valence electrons. The highest BCUT2D eigenvalue weighted by Gasteiger charge is 2.22. The highest BCUT2D eigenvalue weighted by molar-refractivity contribution is 7.93. The largest absolute Gasteiger partial charge is 0.506 e. The van der Waals surface area contributed by atoms with Gasteiger partial charge in [0.1, 0.15) is 11.6 Å². The van der Waals surface area contributed by atoms with E-state index in [-0.39, 0.29) is 10.7 Å². The van der Waals surface area contributed by atoms with Gasteiger partial charge in [-0.2, -0.15) is 5.26 Å². The number of nitrogens with zero attached hydrogens (tertiary/aromatic N) is 1. The van der Waals surface area contributed by atoms with Crippen molar-refractivity contribution in [3.8, 4) is 11.8 Å². The molecule has 0 aliphatic carbocycles. The smallest absolute Gasteiger partial charge is 0.248 e. The van der Waals surface area contributed by atoms with Gasteiger partial charge >= 0.3 is 0 Å². The molecule has 0 aliphatic heterocycles. The summed E-state index contributed by atoms with van der Waals surface area (Å²) in [5.74, 6) is -1.49. The number of sulfonamides is 1. The van der Waals surface area contributed by atoms with Crippen LogP contribution in [0.15, 0.2) is 12.1 Å². The third kappa shape index (κ3) is 2.99. The lowest BCUT2D eigenvalue weighted by Gasteiger charge is -2.11. The Hall–Kier alpha value is -1.52. The van der Waals surface area contributed by atoms with Gasteiger partial charge in [0.15, 0.2) is 5.25 Å². The molecule has 8 heteroatoms. The average Bonchev–Trinajstić information content (AvgIpc) is 2.24. The molecular weight excluding hydrogens is 271 g/mol. The molecule has 0 heterocycles. The lowest BCUT2D eigenvalue weighted by molar-refractivity contribution is 0.471. The second-order valence-electron chi connectivity index (χ2n) is 3.20. The SMILES string of the molecule is CC(C#N)S(=O)(=O)Nc1cc(Cl)c(F)cc1O. The number of nitriles is 1. The standard InChI is InChI=1S/C9H8ClFN2O3S/c1-5(4-12)17(15,16)13-8-2-6(10)7(11)3-9(8)14/h2-3,5,13-14H,1H3. The summed E-state index contributed by atoms with van der Waals surface area (Å²) in [5, 5.41) is 16.2. The van der Waals surface area contributed by atoms with Crippen molar-refractivity contribution in [3.05, 3.63) is 23.0 Å². The molecule has 5 nitrogen and oxygen atoms in total. The second kappa shape index (κ2) is 4.77. The Bertz CT molecular complexity index is 583. The molecule has 0 saturated heterocycles. The fourth-order valence-electron chi connectivity index (χ4n) is 0.929. The van der Waals surface area contributed by atoms with Crippen molar-refractivity contribution in [2.24, 2.45) is 0 Å². The van der Waals surface area contributed by atoms with Crippen molar-refractivity contribution < 1.29 is 17.9 Å². The summed E-state index contributed by atoms with van der Waals surface area (Å²) in [7, 11) is -3.97. The van der Waals surface area contributed by atoms with Gasteiger partial charge in [-0.1, -0.05) is 11.6 Å². The Kier molecular flexibility index (Phi) is 3.80. The number of benzene rings is 1. The first-order chi connectivity index (χ1) is 7.77. The van der Waals surface area contributed by atoms with E-state index < -0.39 is 26.8 Å². The number of rotatable bonds is 3. The summed E-state index contributed by atoms with van der Waals surface area (Å²) < 4.78 is 37.8. The number of halogens is 2. The molecule has 1 unspecified atom stereocenters. The summed E-state index contributed by atoms with van der Waals surface area (Å²) >= 11 is 5.44. The summed E-state index contributed by atoms with van der Waals surface area (Å²) in [6, 6.07) is 3.13. The minimum Gasteiger partial charge on any atom is -0.506 e. The molecule has 0 fully saturated rings. The minimum absolute atomic E-state index is 0.279. The van der Waals surface area contributed by atoms with Gasteiger partial charge in [-0.05, 0) is 13.0 Å². The van der Waals surface area contributed by atoms with Gasteiger partial charge in [0.2, 0.25) is 10.0 Å². The molecule has 0 saturated carbocycles. The van der Waals surface area contributed by atoms with E-state index in [0.717, 1.165) is 6.07 Å². The van der Waals surface area contributed by atoms with Crippen LogP contribution in [0.5, 0.6) is 5.75 Å². The molecule has 1 aromatic rings. The summed E-state index contributed by atoms with van der Waals surface area (Å²) in [4.78, 5) is 0. The number of aromatic hydroxyl groups is 1. The molecule has 1 aromatic carbocycles. The Morgan fingerprint density at radius 3 is 2.71 bits per heavy atom. The predicted molar refractivity (Wildman–Crippen MR) is 60.7 cm³/mol. The molecule has 0 bridgehead atoms. The van der Waals surface area contributed by atoms with Gasteiger partial charge in [-0.25, -0.2) is 12.8 Å². The van der Waals surface area contributed by atoms with Crippen molar-refractivity contribution in [3.63, 3.8) is 0 Å². The number of nitrogens with one attached hydrogen (secondary N) is 1. The van der Waals surface area contributed by atoms with E-state index in [9.17, 15) is 17.9 Å². The predicted octanol–water partition coefficient (Wildman–Crippen LogP) is 1.84. The Morgan fingerprint density at radius 1 is 1.59 bits per heavy atom. The first kappa shape index (κ1) is 13.5. The van der Waals surface area contributed by atoms with Gasteiger partial charge in [-0.3, -0.25) is 4.72 Å². The first-order valence-corrected chi connectivity index (χ1v) is 6.29. The van der Waals surface area contributed by atoms with E-state index in [1.807, 2.05) is 4.72 Å². The highest BCUT2D eigenvalue weighted by atomic mass is 35.5. The van der Waals surface area contributed by atoms with Crippen LogP contribution >= 0.6 is 11.6 Å². The maximum absolute atomic E-state index is 12.9. The van der Waals surface area contributed by atoms with Crippen molar-refractivity contribution in [1.29, 1.82) is 5.26 Å². The zero-order chi connectivity index (χ0) is 13.2. The maximum atomic E-state index is 12.9. The number of hydrogen-bond acceptors (Lipinski definition) is 4. The maximum Gasteiger partial charge on any atom is 0.248 e. The molecule has 0 amide bonds. The highest BCUT2D eigenvalue weighted by Crippen LogP contribution is 2.30. The minimum atomic E-state index is -3.97. The van der Waals surface area contributed by atoms with E-state index in [0.29, 0.717) is 6.07 Å². The Labute approximate surface area is 102 Å². The fraction of sp³-hybridized carbons (Fsp3) is 0.222. The average molecular weight is 279 g/mol. The number of phenols is 1. The van der Waals surface area contributed by atoms with E-state index in [1.54, 1.807) is 0 Å². The molecule has 0 aromatic heterocycles. The van der Waals surface area contributed by atoms with Gasteiger partial charge in [0.05, 0.1) is 16.8 Å². The van der Waals surface area contributed by atoms with Gasteiger partial charge in [0, 0.05) is 6.07 Å². The molecule has 1 rings (SSSR count). The second-order valence-corrected chi connectivity index (χ2v) is 5.61. The van der Waals surface area contributed by atoms with Gasteiger partial charge in [-0.15, -0.1) is 0 Å². The summed E-state index contributed by atoms with van der Waals surface area (Å²) in [5.41, 5.74) is -0.279. The van der Waals surface area contributed by atoms with Crippen LogP contribution in [0.25, 0.3) is 0 Å². The third-order valence-corrected chi connectivity index (χ3v) is 3.77. The van der Waals surface area contributed by atoms with Crippen LogP contribution in [0.3, 0.4) is 0 Å². The summed E-state index contributed by atoms with van der Waals surface area (Å²) in [6.45, 7) is 1.17. The topological polar surface area (TPSA) is 90.2 Å². The Balaban J connectivity index is 3.14. The van der Waals surface area contributed by atoms with E-state index >= 15 is 0 Å². The number of anilines is 1. The van der Waals surface area contributed by atoms with Crippen molar-refractivity contribution in [2.75, 3.05) is 4.72 Å². The molecule has 17 heavy (non-hydrogen) atoms. The zero-order valence-corrected chi connectivity index (χ0v) is 10.2. The van der Waals surface area contributed by atoms with Crippen LogP contribution in [0.2, 0.25) is 5.02 Å². The molecule has 0 radical (unpaired) electrons. The monoisotopic (exact) mass is 278 g/mol. The van der Waals surface area contributed by atoms with Crippen LogP contribution in [0, 0.1) is 17.1 Å². The van der Waals surface area contributed by atoms with Crippen LogP contribution in [0.4, 0.5) is 10.1 Å². The van der Waals surface area contributed by atoms with Crippen molar-refractivity contribution in [1.82, 2.24) is 0 Å².